The molecule has 0 amide bonds. The molecule has 1 aliphatic rings. The van der Waals surface area contributed by atoms with Crippen LogP contribution in [0.5, 0.6) is 0 Å². The zero-order valence-corrected chi connectivity index (χ0v) is 21.3. The van der Waals surface area contributed by atoms with Gasteiger partial charge in [-0.05, 0) is 24.6 Å². The molecule has 0 N–H and O–H groups in total. The molecule has 1 saturated heterocycles. The fourth-order valence-electron chi connectivity index (χ4n) is 4.02. The van der Waals surface area contributed by atoms with Crippen LogP contribution in [0.1, 0.15) is 18.2 Å². The van der Waals surface area contributed by atoms with Crippen molar-refractivity contribution < 1.29 is 37.0 Å². The van der Waals surface area contributed by atoms with Crippen molar-refractivity contribution in [1.29, 1.82) is 0 Å². The van der Waals surface area contributed by atoms with Gasteiger partial charge in [0, 0.05) is 44.0 Å². The second-order valence-electron chi connectivity index (χ2n) is 8.24. The predicted octanol–water partition coefficient (Wildman–Crippen LogP) is 5.03. The third-order valence-corrected chi connectivity index (χ3v) is 6.81. The highest BCUT2D eigenvalue weighted by molar-refractivity contribution is 7.13. The maximum absolute atomic E-state index is 12.7. The van der Waals surface area contributed by atoms with Gasteiger partial charge in [-0.15, -0.1) is 11.3 Å². The van der Waals surface area contributed by atoms with Crippen molar-refractivity contribution in [1.82, 2.24) is 9.97 Å². The van der Waals surface area contributed by atoms with Gasteiger partial charge >= 0.3 is 6.18 Å². The number of hydrogen-bond donors (Lipinski definition) is 0. The maximum atomic E-state index is 12.7. The summed E-state index contributed by atoms with van der Waals surface area (Å²) in [7, 11) is 4.71. The Balaban J connectivity index is 1.40. The molecule has 1 fully saturated rings. The molecular weight excluding hydrogens is 511 g/mol. The highest BCUT2D eigenvalue weighted by Crippen LogP contribution is 2.32. The fraction of sp³-hybridized carbons (Fsp3) is 0.400. The van der Waals surface area contributed by atoms with Crippen molar-refractivity contribution in [2.24, 2.45) is 5.16 Å². The molecule has 198 valence electrons. The monoisotopic (exact) mass is 537 g/mol. The Labute approximate surface area is 216 Å². The second kappa shape index (κ2) is 11.7. The summed E-state index contributed by atoms with van der Waals surface area (Å²) in [5.74, 6) is 0. The predicted molar refractivity (Wildman–Crippen MR) is 131 cm³/mol. The van der Waals surface area contributed by atoms with Crippen molar-refractivity contribution in [2.45, 2.75) is 43.8 Å². The van der Waals surface area contributed by atoms with Crippen molar-refractivity contribution in [3.63, 3.8) is 0 Å². The Hall–Kier alpha value is -2.90. The molecule has 0 bridgehead atoms. The number of methoxy groups -OCH3 is 3. The van der Waals surface area contributed by atoms with Gasteiger partial charge in [0.25, 0.3) is 6.29 Å². The van der Waals surface area contributed by atoms with Crippen LogP contribution in [-0.4, -0.2) is 68.2 Å². The molecule has 3 heterocycles. The van der Waals surface area contributed by atoms with Gasteiger partial charge in [-0.2, -0.15) is 13.2 Å². The van der Waals surface area contributed by atoms with E-state index in [1.54, 1.807) is 27.5 Å². The SMILES string of the molecule is CO[C@@H]1[C@@H](OC)[C@@H](OC)C(O/N=C/c2ccc(-c3csc(-c4ccc(C(F)(F)F)nc4)n3)cc2)O[C@H]1C. The average Bonchev–Trinajstić information content (AvgIpc) is 3.38. The zero-order chi connectivity index (χ0) is 26.6. The fourth-order valence-corrected chi connectivity index (χ4v) is 4.84. The molecule has 1 aliphatic heterocycles. The van der Waals surface area contributed by atoms with Crippen molar-refractivity contribution >= 4 is 17.6 Å². The van der Waals surface area contributed by atoms with Crippen molar-refractivity contribution in [2.75, 3.05) is 21.3 Å². The maximum Gasteiger partial charge on any atom is 0.433 e. The molecule has 37 heavy (non-hydrogen) atoms. The molecule has 1 unspecified atom stereocenters. The number of benzene rings is 1. The second-order valence-corrected chi connectivity index (χ2v) is 9.10. The number of pyridine rings is 1. The van der Waals surface area contributed by atoms with E-state index in [1.807, 2.05) is 36.6 Å². The molecule has 0 radical (unpaired) electrons. The molecule has 8 nitrogen and oxygen atoms in total. The van der Waals surface area contributed by atoms with Crippen LogP contribution in [0.4, 0.5) is 13.2 Å². The van der Waals surface area contributed by atoms with Gasteiger partial charge in [0.05, 0.1) is 18.0 Å². The number of halogens is 3. The van der Waals surface area contributed by atoms with Crippen LogP contribution in [0, 0.1) is 0 Å². The summed E-state index contributed by atoms with van der Waals surface area (Å²) in [6.45, 7) is 1.86. The highest BCUT2D eigenvalue weighted by atomic mass is 32.1. The average molecular weight is 538 g/mol. The molecule has 0 saturated carbocycles. The molecule has 2 aromatic heterocycles. The van der Waals surface area contributed by atoms with Crippen LogP contribution < -0.4 is 0 Å². The van der Waals surface area contributed by atoms with E-state index in [1.165, 1.54) is 23.6 Å². The number of nitrogens with zero attached hydrogens (tertiary/aromatic N) is 3. The Bertz CT molecular complexity index is 1190. The lowest BCUT2D eigenvalue weighted by atomic mass is 9.99. The van der Waals surface area contributed by atoms with Gasteiger partial charge in [0.15, 0.2) is 6.10 Å². The first-order chi connectivity index (χ1) is 17.7. The summed E-state index contributed by atoms with van der Waals surface area (Å²) < 4.78 is 60.7. The Morgan fingerprint density at radius 2 is 1.62 bits per heavy atom. The molecule has 3 aromatic rings. The summed E-state index contributed by atoms with van der Waals surface area (Å²) >= 11 is 1.33. The molecule has 4 rings (SSSR count). The van der Waals surface area contributed by atoms with Crippen LogP contribution in [0.25, 0.3) is 21.8 Å². The lowest BCUT2D eigenvalue weighted by molar-refractivity contribution is -0.305. The number of aromatic nitrogens is 2. The summed E-state index contributed by atoms with van der Waals surface area (Å²) in [5.41, 5.74) is 1.91. The van der Waals surface area contributed by atoms with E-state index < -0.39 is 24.3 Å². The topological polar surface area (TPSA) is 84.3 Å². The van der Waals surface area contributed by atoms with E-state index in [2.05, 4.69) is 15.1 Å². The Morgan fingerprint density at radius 1 is 0.946 bits per heavy atom. The van der Waals surface area contributed by atoms with E-state index in [0.29, 0.717) is 16.3 Å². The van der Waals surface area contributed by atoms with Gasteiger partial charge in [-0.25, -0.2) is 4.98 Å². The van der Waals surface area contributed by atoms with Crippen LogP contribution in [0.3, 0.4) is 0 Å². The first-order valence-corrected chi connectivity index (χ1v) is 12.2. The van der Waals surface area contributed by atoms with E-state index in [9.17, 15) is 13.2 Å². The number of rotatable bonds is 8. The van der Waals surface area contributed by atoms with Gasteiger partial charge in [0.1, 0.15) is 22.9 Å². The van der Waals surface area contributed by atoms with Crippen molar-refractivity contribution in [3.8, 4) is 21.8 Å². The Kier molecular flexibility index (Phi) is 8.55. The lowest BCUT2D eigenvalue weighted by Crippen LogP contribution is -2.59. The quantitative estimate of drug-likeness (QED) is 0.294. The van der Waals surface area contributed by atoms with Crippen LogP contribution >= 0.6 is 11.3 Å². The third-order valence-electron chi connectivity index (χ3n) is 5.92. The summed E-state index contributed by atoms with van der Waals surface area (Å²) in [4.78, 5) is 13.6. The van der Waals surface area contributed by atoms with E-state index in [0.717, 1.165) is 17.2 Å². The van der Waals surface area contributed by atoms with Gasteiger partial charge in [0.2, 0.25) is 0 Å². The largest absolute Gasteiger partial charge is 0.433 e. The van der Waals surface area contributed by atoms with Crippen LogP contribution in [0.15, 0.2) is 53.1 Å². The molecule has 12 heteroatoms. The summed E-state index contributed by atoms with van der Waals surface area (Å²) in [6.07, 6.45) is -4.05. The van der Waals surface area contributed by atoms with Gasteiger partial charge < -0.3 is 23.8 Å². The number of ether oxygens (including phenoxy) is 4. The van der Waals surface area contributed by atoms with E-state index in [-0.39, 0.29) is 18.3 Å². The molecular formula is C25H26F3N3O5S. The normalized spacial score (nSPS) is 24.5. The van der Waals surface area contributed by atoms with Crippen LogP contribution in [-0.2, 0) is 30.0 Å². The number of alkyl halides is 3. The summed E-state index contributed by atoms with van der Waals surface area (Å²) in [6, 6.07) is 9.74. The first-order valence-electron chi connectivity index (χ1n) is 11.3. The highest BCUT2D eigenvalue weighted by Gasteiger charge is 2.46. The van der Waals surface area contributed by atoms with Crippen molar-refractivity contribution in [3.05, 3.63) is 59.2 Å². The molecule has 1 aromatic carbocycles. The van der Waals surface area contributed by atoms with Crippen LogP contribution in [0.2, 0.25) is 0 Å². The number of hydrogen-bond acceptors (Lipinski definition) is 9. The van der Waals surface area contributed by atoms with Gasteiger partial charge in [-0.1, -0.05) is 29.4 Å². The zero-order valence-electron chi connectivity index (χ0n) is 20.5. The molecule has 5 atom stereocenters. The van der Waals surface area contributed by atoms with Gasteiger partial charge in [-0.3, -0.25) is 4.98 Å². The number of thiazole rings is 1. The first kappa shape index (κ1) is 27.1. The number of oxime groups is 1. The molecule has 0 spiro atoms. The minimum absolute atomic E-state index is 0.290. The van der Waals surface area contributed by atoms with E-state index >= 15 is 0 Å². The minimum Gasteiger partial charge on any atom is -0.376 e. The lowest BCUT2D eigenvalue weighted by Gasteiger charge is -2.42. The molecule has 0 aliphatic carbocycles. The smallest absolute Gasteiger partial charge is 0.376 e. The summed E-state index contributed by atoms with van der Waals surface area (Å²) in [5, 5.41) is 6.48. The third kappa shape index (κ3) is 6.16. The Morgan fingerprint density at radius 3 is 2.22 bits per heavy atom. The minimum atomic E-state index is -4.48. The standard InChI is InChI=1S/C25H26F3N3O5S/c1-14-20(32-2)21(33-3)22(34-4)24(35-14)36-30-11-15-5-7-16(8-6-15)18-13-37-23(31-18)17-9-10-19(29-12-17)25(26,27)28/h5-14,20-22,24H,1-4H3/b30-11+/t14-,20-,21+,22+,24?/m0/s1. The van der Waals surface area contributed by atoms with E-state index in [4.69, 9.17) is 23.8 Å².